The van der Waals surface area contributed by atoms with Crippen LogP contribution in [0.5, 0.6) is 0 Å². The monoisotopic (exact) mass is 269 g/mol. The standard InChI is InChI=1S/C14H17F2NO2/c1-14(2,3)19-13(18)17-7-10(8-17)9-4-5-11(15)12(16)6-9/h4-6,10H,7-8H2,1-3H3. The lowest BCUT2D eigenvalue weighted by Crippen LogP contribution is -2.50. The number of hydrogen-bond acceptors (Lipinski definition) is 2. The van der Waals surface area contributed by atoms with Crippen molar-refractivity contribution in [2.75, 3.05) is 13.1 Å². The minimum atomic E-state index is -0.855. The molecule has 1 aromatic rings. The Morgan fingerprint density at radius 3 is 2.42 bits per heavy atom. The average Bonchev–Trinajstić information content (AvgIpc) is 2.18. The Morgan fingerprint density at radius 1 is 1.26 bits per heavy atom. The lowest BCUT2D eigenvalue weighted by Gasteiger charge is -2.40. The van der Waals surface area contributed by atoms with Crippen molar-refractivity contribution in [1.29, 1.82) is 0 Å². The summed E-state index contributed by atoms with van der Waals surface area (Å²) in [4.78, 5) is 13.3. The first-order valence-corrected chi connectivity index (χ1v) is 6.19. The van der Waals surface area contributed by atoms with Crippen LogP contribution < -0.4 is 0 Å². The van der Waals surface area contributed by atoms with Crippen molar-refractivity contribution in [2.24, 2.45) is 0 Å². The van der Waals surface area contributed by atoms with Gasteiger partial charge in [-0.15, -0.1) is 0 Å². The number of hydrogen-bond donors (Lipinski definition) is 0. The zero-order valence-corrected chi connectivity index (χ0v) is 11.2. The number of carbonyl (C=O) groups is 1. The van der Waals surface area contributed by atoms with Crippen molar-refractivity contribution in [1.82, 2.24) is 4.90 Å². The van der Waals surface area contributed by atoms with Crippen LogP contribution in [0.15, 0.2) is 18.2 Å². The number of amides is 1. The molecule has 0 aliphatic carbocycles. The molecule has 1 heterocycles. The topological polar surface area (TPSA) is 29.5 Å². The van der Waals surface area contributed by atoms with Gasteiger partial charge in [0.2, 0.25) is 0 Å². The maximum atomic E-state index is 13.1. The van der Waals surface area contributed by atoms with Crippen LogP contribution in [0, 0.1) is 11.6 Å². The molecule has 1 aliphatic heterocycles. The highest BCUT2D eigenvalue weighted by molar-refractivity contribution is 5.69. The normalized spacial score (nSPS) is 16.2. The molecular weight excluding hydrogens is 252 g/mol. The van der Waals surface area contributed by atoms with Gasteiger partial charge >= 0.3 is 6.09 Å². The van der Waals surface area contributed by atoms with E-state index in [4.69, 9.17) is 4.74 Å². The summed E-state index contributed by atoms with van der Waals surface area (Å²) in [6.07, 6.45) is -0.369. The Kier molecular flexibility index (Phi) is 3.47. The quantitative estimate of drug-likeness (QED) is 0.783. The summed E-state index contributed by atoms with van der Waals surface area (Å²) in [5.41, 5.74) is 0.183. The molecule has 0 atom stereocenters. The Hall–Kier alpha value is -1.65. The second kappa shape index (κ2) is 4.79. The molecular formula is C14H17F2NO2. The number of rotatable bonds is 1. The van der Waals surface area contributed by atoms with E-state index in [0.29, 0.717) is 18.7 Å². The summed E-state index contributed by atoms with van der Waals surface area (Å²) in [6, 6.07) is 3.85. The van der Waals surface area contributed by atoms with E-state index in [2.05, 4.69) is 0 Å². The molecule has 1 aromatic carbocycles. The average molecular weight is 269 g/mol. The van der Waals surface area contributed by atoms with E-state index in [-0.39, 0.29) is 12.0 Å². The number of ether oxygens (including phenoxy) is 1. The summed E-state index contributed by atoms with van der Waals surface area (Å²) in [7, 11) is 0. The molecule has 1 saturated heterocycles. The van der Waals surface area contributed by atoms with Crippen LogP contribution in [0.1, 0.15) is 32.3 Å². The second-order valence-corrected chi connectivity index (χ2v) is 5.76. The van der Waals surface area contributed by atoms with Gasteiger partial charge < -0.3 is 9.64 Å². The molecule has 0 radical (unpaired) electrons. The minimum absolute atomic E-state index is 0.0441. The fourth-order valence-electron chi connectivity index (χ4n) is 1.93. The van der Waals surface area contributed by atoms with E-state index in [1.54, 1.807) is 31.7 Å². The Morgan fingerprint density at radius 2 is 1.89 bits per heavy atom. The van der Waals surface area contributed by atoms with E-state index in [1.165, 1.54) is 6.07 Å². The fourth-order valence-corrected chi connectivity index (χ4v) is 1.93. The lowest BCUT2D eigenvalue weighted by atomic mass is 9.92. The Bertz CT molecular complexity index is 491. The van der Waals surface area contributed by atoms with E-state index in [9.17, 15) is 13.6 Å². The number of carbonyl (C=O) groups excluding carboxylic acids is 1. The van der Waals surface area contributed by atoms with E-state index < -0.39 is 17.2 Å². The Labute approximate surface area is 111 Å². The van der Waals surface area contributed by atoms with Crippen molar-refractivity contribution in [2.45, 2.75) is 32.3 Å². The summed E-state index contributed by atoms with van der Waals surface area (Å²) >= 11 is 0. The van der Waals surface area contributed by atoms with Crippen LogP contribution in [0.4, 0.5) is 13.6 Å². The summed E-state index contributed by atoms with van der Waals surface area (Å²) in [5.74, 6) is -1.66. The van der Waals surface area contributed by atoms with Crippen molar-refractivity contribution in [3.8, 4) is 0 Å². The highest BCUT2D eigenvalue weighted by Gasteiger charge is 2.34. The molecule has 1 amide bonds. The number of nitrogens with zero attached hydrogens (tertiary/aromatic N) is 1. The van der Waals surface area contributed by atoms with Crippen LogP contribution in [0.3, 0.4) is 0 Å². The number of benzene rings is 1. The molecule has 19 heavy (non-hydrogen) atoms. The number of halogens is 2. The predicted octanol–water partition coefficient (Wildman–Crippen LogP) is 3.30. The van der Waals surface area contributed by atoms with Crippen LogP contribution in [0.25, 0.3) is 0 Å². The summed E-state index contributed by atoms with van der Waals surface area (Å²) in [6.45, 7) is 6.35. The van der Waals surface area contributed by atoms with Gasteiger partial charge in [-0.05, 0) is 38.5 Å². The van der Waals surface area contributed by atoms with Crippen LogP contribution >= 0.6 is 0 Å². The van der Waals surface area contributed by atoms with E-state index in [1.807, 2.05) is 0 Å². The first-order valence-electron chi connectivity index (χ1n) is 6.19. The summed E-state index contributed by atoms with van der Waals surface area (Å²) < 4.78 is 31.1. The molecule has 0 saturated carbocycles. The lowest BCUT2D eigenvalue weighted by molar-refractivity contribution is 0.00817. The fraction of sp³-hybridized carbons (Fsp3) is 0.500. The number of likely N-dealkylation sites (tertiary alicyclic amines) is 1. The van der Waals surface area contributed by atoms with Gasteiger partial charge in [0.25, 0.3) is 0 Å². The van der Waals surface area contributed by atoms with Crippen molar-refractivity contribution in [3.63, 3.8) is 0 Å². The van der Waals surface area contributed by atoms with Gasteiger partial charge in [0.05, 0.1) is 0 Å². The first-order chi connectivity index (χ1) is 8.76. The molecule has 2 rings (SSSR count). The molecule has 1 fully saturated rings. The van der Waals surface area contributed by atoms with Gasteiger partial charge in [0.1, 0.15) is 5.60 Å². The maximum absolute atomic E-state index is 13.1. The van der Waals surface area contributed by atoms with Gasteiger partial charge in [0.15, 0.2) is 11.6 Å². The SMILES string of the molecule is CC(C)(C)OC(=O)N1CC(c2ccc(F)c(F)c2)C1. The van der Waals surface area contributed by atoms with E-state index in [0.717, 1.165) is 6.07 Å². The third-order valence-corrected chi connectivity index (χ3v) is 2.95. The molecule has 0 bridgehead atoms. The molecule has 104 valence electrons. The third-order valence-electron chi connectivity index (χ3n) is 2.95. The summed E-state index contributed by atoms with van der Waals surface area (Å²) in [5, 5.41) is 0. The second-order valence-electron chi connectivity index (χ2n) is 5.76. The van der Waals surface area contributed by atoms with Crippen LogP contribution in [0.2, 0.25) is 0 Å². The Balaban J connectivity index is 1.92. The zero-order chi connectivity index (χ0) is 14.2. The maximum Gasteiger partial charge on any atom is 0.410 e. The van der Waals surface area contributed by atoms with Crippen molar-refractivity contribution < 1.29 is 18.3 Å². The molecule has 0 spiro atoms. The predicted molar refractivity (Wildman–Crippen MR) is 66.9 cm³/mol. The molecule has 3 nitrogen and oxygen atoms in total. The van der Waals surface area contributed by atoms with Gasteiger partial charge in [-0.1, -0.05) is 6.07 Å². The van der Waals surface area contributed by atoms with Crippen molar-refractivity contribution >= 4 is 6.09 Å². The van der Waals surface area contributed by atoms with E-state index >= 15 is 0 Å². The minimum Gasteiger partial charge on any atom is -0.444 e. The van der Waals surface area contributed by atoms with Crippen LogP contribution in [-0.2, 0) is 4.74 Å². The van der Waals surface area contributed by atoms with Crippen LogP contribution in [-0.4, -0.2) is 29.7 Å². The molecule has 0 N–H and O–H groups in total. The first kappa shape index (κ1) is 13.8. The van der Waals surface area contributed by atoms with Gasteiger partial charge in [-0.3, -0.25) is 0 Å². The van der Waals surface area contributed by atoms with Crippen molar-refractivity contribution in [3.05, 3.63) is 35.4 Å². The molecule has 5 heteroatoms. The smallest absolute Gasteiger partial charge is 0.410 e. The van der Waals surface area contributed by atoms with Gasteiger partial charge in [0, 0.05) is 19.0 Å². The molecule has 1 aliphatic rings. The van der Waals surface area contributed by atoms with Gasteiger partial charge in [-0.2, -0.15) is 0 Å². The highest BCUT2D eigenvalue weighted by atomic mass is 19.2. The van der Waals surface area contributed by atoms with Gasteiger partial charge in [-0.25, -0.2) is 13.6 Å². The zero-order valence-electron chi connectivity index (χ0n) is 11.2. The molecule has 0 aromatic heterocycles. The highest BCUT2D eigenvalue weighted by Crippen LogP contribution is 2.29. The largest absolute Gasteiger partial charge is 0.444 e. The third kappa shape index (κ3) is 3.22. The molecule has 0 unspecified atom stereocenters.